The third kappa shape index (κ3) is 4.86. The standard InChI is InChI=1S/C25H27N3O3/c1-17-9-10-21(18(2)14-17)27-25(30)24(29)26-15-22(23-8-5-13-31-23)28-12-11-19-6-3-4-7-20(19)16-28/h3-10,13-14,22H,11-12,15-16H2,1-2H3,(H,26,29)(H,27,30)/p+1/t22-/m1/s1. The summed E-state index contributed by atoms with van der Waals surface area (Å²) in [5.41, 5.74) is 5.37. The average molecular weight is 419 g/mol. The van der Waals surface area contributed by atoms with Gasteiger partial charge in [0.05, 0.1) is 19.4 Å². The van der Waals surface area contributed by atoms with Gasteiger partial charge in [0.2, 0.25) is 0 Å². The minimum Gasteiger partial charge on any atom is -0.463 e. The molecule has 0 spiro atoms. The molecule has 4 rings (SSSR count). The second-order valence-corrected chi connectivity index (χ2v) is 8.15. The lowest BCUT2D eigenvalue weighted by Crippen LogP contribution is -3.12. The van der Waals surface area contributed by atoms with Gasteiger partial charge < -0.3 is 20.0 Å². The molecule has 1 aliphatic rings. The van der Waals surface area contributed by atoms with Crippen LogP contribution in [-0.4, -0.2) is 24.9 Å². The molecule has 1 aromatic heterocycles. The Balaban J connectivity index is 1.42. The van der Waals surface area contributed by atoms with Crippen molar-refractivity contribution < 1.29 is 18.9 Å². The first-order chi connectivity index (χ1) is 15.0. The number of nitrogens with one attached hydrogen (secondary N) is 3. The van der Waals surface area contributed by atoms with Crippen LogP contribution in [0.4, 0.5) is 5.69 Å². The molecular weight excluding hydrogens is 390 g/mol. The highest BCUT2D eigenvalue weighted by Gasteiger charge is 2.31. The van der Waals surface area contributed by atoms with Crippen molar-refractivity contribution in [3.8, 4) is 0 Å². The molecule has 2 heterocycles. The first-order valence-corrected chi connectivity index (χ1v) is 10.6. The van der Waals surface area contributed by atoms with Crippen LogP contribution in [0.3, 0.4) is 0 Å². The molecule has 3 N–H and O–H groups in total. The number of furan rings is 1. The molecule has 160 valence electrons. The maximum atomic E-state index is 12.5. The molecule has 0 fully saturated rings. The van der Waals surface area contributed by atoms with E-state index in [9.17, 15) is 9.59 Å². The fraction of sp³-hybridized carbons (Fsp3) is 0.280. The lowest BCUT2D eigenvalue weighted by atomic mass is 9.98. The number of carbonyl (C=O) groups is 2. The second-order valence-electron chi connectivity index (χ2n) is 8.15. The zero-order valence-electron chi connectivity index (χ0n) is 17.9. The largest absolute Gasteiger partial charge is 0.463 e. The molecule has 1 aliphatic heterocycles. The van der Waals surface area contributed by atoms with Crippen LogP contribution in [0.15, 0.2) is 65.3 Å². The van der Waals surface area contributed by atoms with E-state index < -0.39 is 11.8 Å². The van der Waals surface area contributed by atoms with E-state index in [2.05, 4.69) is 34.9 Å². The lowest BCUT2D eigenvalue weighted by molar-refractivity contribution is -0.946. The number of carbonyl (C=O) groups excluding carboxylic acids is 2. The fourth-order valence-electron chi connectivity index (χ4n) is 4.24. The highest BCUT2D eigenvalue weighted by molar-refractivity contribution is 6.39. The normalized spacial score (nSPS) is 16.3. The van der Waals surface area contributed by atoms with Crippen molar-refractivity contribution in [2.45, 2.75) is 32.9 Å². The highest BCUT2D eigenvalue weighted by atomic mass is 16.3. The van der Waals surface area contributed by atoms with Gasteiger partial charge in [-0.25, -0.2) is 0 Å². The van der Waals surface area contributed by atoms with Crippen molar-refractivity contribution in [2.75, 3.05) is 18.4 Å². The van der Waals surface area contributed by atoms with E-state index in [4.69, 9.17) is 4.42 Å². The maximum absolute atomic E-state index is 12.5. The number of hydrogen-bond acceptors (Lipinski definition) is 3. The number of amides is 2. The quantitative estimate of drug-likeness (QED) is 0.557. The van der Waals surface area contributed by atoms with Gasteiger partial charge in [0, 0.05) is 17.7 Å². The summed E-state index contributed by atoms with van der Waals surface area (Å²) in [6, 6.07) is 17.9. The van der Waals surface area contributed by atoms with Gasteiger partial charge in [0.1, 0.15) is 6.54 Å². The lowest BCUT2D eigenvalue weighted by Gasteiger charge is -2.31. The Morgan fingerprint density at radius 2 is 1.84 bits per heavy atom. The summed E-state index contributed by atoms with van der Waals surface area (Å²) in [4.78, 5) is 26.3. The Morgan fingerprint density at radius 3 is 2.58 bits per heavy atom. The van der Waals surface area contributed by atoms with E-state index in [1.807, 2.05) is 44.2 Å². The number of rotatable bonds is 5. The molecule has 6 nitrogen and oxygen atoms in total. The van der Waals surface area contributed by atoms with Crippen molar-refractivity contribution in [1.82, 2.24) is 5.32 Å². The second kappa shape index (κ2) is 9.18. The van der Waals surface area contributed by atoms with Crippen molar-refractivity contribution >= 4 is 17.5 Å². The fourth-order valence-corrected chi connectivity index (χ4v) is 4.24. The Kier molecular flexibility index (Phi) is 6.18. The molecule has 0 saturated heterocycles. The van der Waals surface area contributed by atoms with Crippen LogP contribution in [0.5, 0.6) is 0 Å². The number of aryl methyl sites for hydroxylation is 2. The molecule has 2 aromatic carbocycles. The molecule has 0 radical (unpaired) electrons. The Morgan fingerprint density at radius 1 is 1.03 bits per heavy atom. The van der Waals surface area contributed by atoms with Gasteiger partial charge in [-0.05, 0) is 43.2 Å². The number of hydrogen-bond donors (Lipinski definition) is 3. The molecule has 1 unspecified atom stereocenters. The summed E-state index contributed by atoms with van der Waals surface area (Å²) in [7, 11) is 0. The van der Waals surface area contributed by atoms with Gasteiger partial charge in [0.25, 0.3) is 0 Å². The predicted molar refractivity (Wildman–Crippen MR) is 119 cm³/mol. The third-order valence-corrected chi connectivity index (χ3v) is 5.93. The first kappa shape index (κ1) is 20.9. The van der Waals surface area contributed by atoms with Crippen molar-refractivity contribution in [3.63, 3.8) is 0 Å². The summed E-state index contributed by atoms with van der Waals surface area (Å²) < 4.78 is 5.68. The molecule has 0 saturated carbocycles. The minimum absolute atomic E-state index is 0.0683. The van der Waals surface area contributed by atoms with Crippen LogP contribution < -0.4 is 15.5 Å². The Labute approximate surface area is 182 Å². The molecule has 31 heavy (non-hydrogen) atoms. The van der Waals surface area contributed by atoms with E-state index >= 15 is 0 Å². The van der Waals surface area contributed by atoms with Gasteiger partial charge in [-0.15, -0.1) is 0 Å². The average Bonchev–Trinajstić information content (AvgIpc) is 3.30. The zero-order valence-corrected chi connectivity index (χ0v) is 17.9. The van der Waals surface area contributed by atoms with Gasteiger partial charge in [-0.3, -0.25) is 9.59 Å². The first-order valence-electron chi connectivity index (χ1n) is 10.6. The number of quaternary nitrogens is 1. The van der Waals surface area contributed by atoms with Crippen molar-refractivity contribution in [3.05, 3.63) is 88.9 Å². The summed E-state index contributed by atoms with van der Waals surface area (Å²) in [5, 5.41) is 5.52. The van der Waals surface area contributed by atoms with E-state index in [0.29, 0.717) is 12.2 Å². The van der Waals surface area contributed by atoms with Gasteiger partial charge >= 0.3 is 11.8 Å². The molecule has 0 bridgehead atoms. The van der Waals surface area contributed by atoms with E-state index in [-0.39, 0.29) is 6.04 Å². The topological polar surface area (TPSA) is 75.8 Å². The van der Waals surface area contributed by atoms with Gasteiger partial charge in [-0.2, -0.15) is 0 Å². The van der Waals surface area contributed by atoms with Crippen molar-refractivity contribution in [2.24, 2.45) is 0 Å². The number of fused-ring (bicyclic) bond motifs is 1. The summed E-state index contributed by atoms with van der Waals surface area (Å²) in [6.45, 7) is 6.01. The monoisotopic (exact) mass is 418 g/mol. The van der Waals surface area contributed by atoms with E-state index in [0.717, 1.165) is 36.4 Å². The summed E-state index contributed by atoms with van der Waals surface area (Å²) in [6.07, 6.45) is 2.62. The van der Waals surface area contributed by atoms with Crippen LogP contribution in [0.25, 0.3) is 0 Å². The maximum Gasteiger partial charge on any atom is 0.313 e. The molecular formula is C25H28N3O3+. The Hall–Kier alpha value is -3.38. The Bertz CT molecular complexity index is 1080. The molecule has 2 atom stereocenters. The van der Waals surface area contributed by atoms with E-state index in [1.165, 1.54) is 16.0 Å². The number of anilines is 1. The zero-order chi connectivity index (χ0) is 21.8. The van der Waals surface area contributed by atoms with Gasteiger partial charge in [-0.1, -0.05) is 42.0 Å². The summed E-state index contributed by atoms with van der Waals surface area (Å²) >= 11 is 0. The third-order valence-electron chi connectivity index (χ3n) is 5.93. The minimum atomic E-state index is -0.663. The molecule has 2 amide bonds. The smallest absolute Gasteiger partial charge is 0.313 e. The highest BCUT2D eigenvalue weighted by Crippen LogP contribution is 2.17. The van der Waals surface area contributed by atoms with Crippen LogP contribution in [0.1, 0.15) is 34.1 Å². The van der Waals surface area contributed by atoms with Crippen LogP contribution >= 0.6 is 0 Å². The van der Waals surface area contributed by atoms with Gasteiger partial charge in [0.15, 0.2) is 11.8 Å². The van der Waals surface area contributed by atoms with Crippen molar-refractivity contribution in [1.29, 1.82) is 0 Å². The molecule has 6 heteroatoms. The van der Waals surface area contributed by atoms with Crippen LogP contribution in [0, 0.1) is 13.8 Å². The van der Waals surface area contributed by atoms with E-state index in [1.54, 1.807) is 6.26 Å². The SMILES string of the molecule is Cc1ccc(NC(=O)C(=O)NC[C@H](c2ccco2)[NH+]2CCc3ccccc3C2)c(C)c1. The number of benzene rings is 2. The molecule has 3 aromatic rings. The molecule has 0 aliphatic carbocycles. The van der Waals surface area contributed by atoms with Crippen LogP contribution in [0.2, 0.25) is 0 Å². The predicted octanol–water partition coefficient (Wildman–Crippen LogP) is 2.33. The van der Waals surface area contributed by atoms with Crippen LogP contribution in [-0.2, 0) is 22.6 Å². The summed E-state index contributed by atoms with van der Waals surface area (Å²) in [5.74, 6) is -0.498.